The van der Waals surface area contributed by atoms with E-state index < -0.39 is 24.2 Å². The van der Waals surface area contributed by atoms with Gasteiger partial charge < -0.3 is 15.2 Å². The number of carbonyl (C=O) groups is 1. The number of ether oxygens (including phenoxy) is 1. The van der Waals surface area contributed by atoms with Crippen molar-refractivity contribution in [1.82, 2.24) is 5.32 Å². The van der Waals surface area contributed by atoms with Crippen molar-refractivity contribution < 1.29 is 27.8 Å². The normalized spacial score (nSPS) is 13.7. The first-order valence-electron chi connectivity index (χ1n) is 8.09. The van der Waals surface area contributed by atoms with E-state index in [4.69, 9.17) is 4.74 Å². The zero-order chi connectivity index (χ0) is 19.2. The van der Waals surface area contributed by atoms with Crippen LogP contribution < -0.4 is 10.1 Å². The van der Waals surface area contributed by atoms with E-state index in [0.29, 0.717) is 17.9 Å². The van der Waals surface area contributed by atoms with E-state index in [-0.39, 0.29) is 12.0 Å². The van der Waals surface area contributed by atoms with E-state index in [2.05, 4.69) is 5.32 Å². The molecule has 4 nitrogen and oxygen atoms in total. The SMILES string of the molecule is CCOc1ccc(CC(=O)NC[C@](O)(c2ccccc2)C(F)(F)F)cc1. The minimum Gasteiger partial charge on any atom is -0.494 e. The Morgan fingerprint density at radius 2 is 1.69 bits per heavy atom. The molecular weight excluding hydrogens is 347 g/mol. The summed E-state index contributed by atoms with van der Waals surface area (Å²) in [5.41, 5.74) is -2.85. The molecule has 0 fully saturated rings. The lowest BCUT2D eigenvalue weighted by molar-refractivity contribution is -0.264. The van der Waals surface area contributed by atoms with Gasteiger partial charge in [0.25, 0.3) is 0 Å². The first kappa shape index (κ1) is 19.8. The molecule has 0 heterocycles. The number of hydrogen-bond donors (Lipinski definition) is 2. The van der Waals surface area contributed by atoms with Gasteiger partial charge in [-0.2, -0.15) is 13.2 Å². The summed E-state index contributed by atoms with van der Waals surface area (Å²) in [6, 6.07) is 13.4. The molecule has 1 atom stereocenters. The molecule has 2 N–H and O–H groups in total. The van der Waals surface area contributed by atoms with Crippen LogP contribution in [-0.4, -0.2) is 30.3 Å². The molecule has 0 radical (unpaired) electrons. The molecule has 0 aromatic heterocycles. The Morgan fingerprint density at radius 3 is 2.23 bits per heavy atom. The Balaban J connectivity index is 2.03. The largest absolute Gasteiger partial charge is 0.494 e. The maximum Gasteiger partial charge on any atom is 0.423 e. The first-order chi connectivity index (χ1) is 12.3. The van der Waals surface area contributed by atoms with Crippen molar-refractivity contribution in [1.29, 1.82) is 0 Å². The van der Waals surface area contributed by atoms with Crippen molar-refractivity contribution in [2.75, 3.05) is 13.2 Å². The van der Waals surface area contributed by atoms with E-state index in [0.717, 1.165) is 0 Å². The maximum atomic E-state index is 13.4. The van der Waals surface area contributed by atoms with Crippen LogP contribution in [0.1, 0.15) is 18.1 Å². The molecule has 0 bridgehead atoms. The van der Waals surface area contributed by atoms with Crippen molar-refractivity contribution in [2.45, 2.75) is 25.1 Å². The van der Waals surface area contributed by atoms with Gasteiger partial charge in [0, 0.05) is 0 Å². The van der Waals surface area contributed by atoms with E-state index in [9.17, 15) is 23.1 Å². The summed E-state index contributed by atoms with van der Waals surface area (Å²) in [4.78, 5) is 12.0. The third-order valence-electron chi connectivity index (χ3n) is 3.86. The summed E-state index contributed by atoms with van der Waals surface area (Å²) in [6.45, 7) is 1.39. The molecule has 2 aromatic carbocycles. The fourth-order valence-electron chi connectivity index (χ4n) is 2.42. The lowest BCUT2D eigenvalue weighted by atomic mass is 9.93. The number of alkyl halides is 3. The quantitative estimate of drug-likeness (QED) is 0.790. The van der Waals surface area contributed by atoms with Crippen molar-refractivity contribution in [3.05, 3.63) is 65.7 Å². The van der Waals surface area contributed by atoms with Crippen LogP contribution in [0.4, 0.5) is 13.2 Å². The second-order valence-electron chi connectivity index (χ2n) is 5.75. The highest BCUT2D eigenvalue weighted by molar-refractivity contribution is 5.78. The Hall–Kier alpha value is -2.54. The van der Waals surface area contributed by atoms with Crippen LogP contribution >= 0.6 is 0 Å². The zero-order valence-corrected chi connectivity index (χ0v) is 14.2. The minimum absolute atomic E-state index is 0.102. The molecule has 140 valence electrons. The van der Waals surface area contributed by atoms with E-state index in [1.165, 1.54) is 24.3 Å². The average molecular weight is 367 g/mol. The van der Waals surface area contributed by atoms with Crippen LogP contribution in [0.2, 0.25) is 0 Å². The van der Waals surface area contributed by atoms with Crippen molar-refractivity contribution >= 4 is 5.91 Å². The molecule has 0 saturated carbocycles. The summed E-state index contributed by atoms with van der Waals surface area (Å²) in [5, 5.41) is 12.3. The standard InChI is InChI=1S/C19H20F3NO3/c1-2-26-16-10-8-14(9-11-16)12-17(24)23-13-18(25,19(20,21)22)15-6-4-3-5-7-15/h3-11,25H,2,12-13H2,1H3,(H,23,24)/t18-/m0/s1. The summed E-state index contributed by atoms with van der Waals surface area (Å²) in [5.74, 6) is 0.0277. The number of rotatable bonds is 7. The van der Waals surface area contributed by atoms with Gasteiger partial charge in [0.05, 0.1) is 19.6 Å². The predicted octanol–water partition coefficient (Wildman–Crippen LogP) is 3.19. The summed E-state index contributed by atoms with van der Waals surface area (Å²) in [6.07, 6.45) is -5.03. The van der Waals surface area contributed by atoms with Crippen LogP contribution in [0.3, 0.4) is 0 Å². The highest BCUT2D eigenvalue weighted by Crippen LogP contribution is 2.38. The van der Waals surface area contributed by atoms with Gasteiger partial charge in [-0.1, -0.05) is 42.5 Å². The van der Waals surface area contributed by atoms with Gasteiger partial charge in [0.1, 0.15) is 5.75 Å². The van der Waals surface area contributed by atoms with E-state index >= 15 is 0 Å². The molecule has 2 aromatic rings. The van der Waals surface area contributed by atoms with Crippen molar-refractivity contribution in [3.63, 3.8) is 0 Å². The van der Waals surface area contributed by atoms with Gasteiger partial charge >= 0.3 is 6.18 Å². The lowest BCUT2D eigenvalue weighted by Gasteiger charge is -2.31. The third-order valence-corrected chi connectivity index (χ3v) is 3.86. The smallest absolute Gasteiger partial charge is 0.423 e. The minimum atomic E-state index is -4.93. The summed E-state index contributed by atoms with van der Waals surface area (Å²) >= 11 is 0. The van der Waals surface area contributed by atoms with Crippen LogP contribution in [0.25, 0.3) is 0 Å². The van der Waals surface area contributed by atoms with Gasteiger partial charge in [-0.15, -0.1) is 0 Å². The first-order valence-corrected chi connectivity index (χ1v) is 8.09. The lowest BCUT2D eigenvalue weighted by Crippen LogP contribution is -2.51. The number of halogens is 3. The van der Waals surface area contributed by atoms with Gasteiger partial charge in [-0.25, -0.2) is 0 Å². The van der Waals surface area contributed by atoms with Crippen molar-refractivity contribution in [2.24, 2.45) is 0 Å². The summed E-state index contributed by atoms with van der Waals surface area (Å²) < 4.78 is 45.4. The molecule has 0 unspecified atom stereocenters. The van der Waals surface area contributed by atoms with Gasteiger partial charge in [0.15, 0.2) is 0 Å². The second kappa shape index (κ2) is 8.23. The fraction of sp³-hybridized carbons (Fsp3) is 0.316. The van der Waals surface area contributed by atoms with Crippen LogP contribution in [0.5, 0.6) is 5.75 Å². The van der Waals surface area contributed by atoms with E-state index in [1.54, 1.807) is 30.3 Å². The predicted molar refractivity (Wildman–Crippen MR) is 90.7 cm³/mol. The third kappa shape index (κ3) is 4.76. The molecule has 0 aliphatic carbocycles. The monoisotopic (exact) mass is 367 g/mol. The van der Waals surface area contributed by atoms with Crippen molar-refractivity contribution in [3.8, 4) is 5.75 Å². The van der Waals surface area contributed by atoms with E-state index in [1.807, 2.05) is 6.92 Å². The number of benzene rings is 2. The molecule has 26 heavy (non-hydrogen) atoms. The molecule has 7 heteroatoms. The average Bonchev–Trinajstić information content (AvgIpc) is 2.61. The highest BCUT2D eigenvalue weighted by atomic mass is 19.4. The van der Waals surface area contributed by atoms with Crippen LogP contribution in [-0.2, 0) is 16.8 Å². The molecule has 0 spiro atoms. The fourth-order valence-corrected chi connectivity index (χ4v) is 2.42. The molecule has 1 amide bonds. The van der Waals surface area contributed by atoms with Gasteiger partial charge in [0.2, 0.25) is 11.5 Å². The van der Waals surface area contributed by atoms with Crippen LogP contribution in [0.15, 0.2) is 54.6 Å². The number of carbonyl (C=O) groups excluding carboxylic acids is 1. The number of aliphatic hydroxyl groups is 1. The number of hydrogen-bond acceptors (Lipinski definition) is 3. The highest BCUT2D eigenvalue weighted by Gasteiger charge is 2.55. The Morgan fingerprint density at radius 1 is 1.08 bits per heavy atom. The molecule has 2 rings (SSSR count). The number of amides is 1. The van der Waals surface area contributed by atoms with Crippen LogP contribution in [0, 0.1) is 0 Å². The Kier molecular flexibility index (Phi) is 6.26. The second-order valence-corrected chi connectivity index (χ2v) is 5.75. The zero-order valence-electron chi connectivity index (χ0n) is 14.2. The molecule has 0 aliphatic heterocycles. The Labute approximate surface area is 149 Å². The number of nitrogens with one attached hydrogen (secondary N) is 1. The van der Waals surface area contributed by atoms with Gasteiger partial charge in [-0.05, 0) is 30.2 Å². The molecule has 0 saturated heterocycles. The maximum absolute atomic E-state index is 13.4. The molecule has 0 aliphatic rings. The van der Waals surface area contributed by atoms with Gasteiger partial charge in [-0.3, -0.25) is 4.79 Å². The Bertz CT molecular complexity index is 717. The topological polar surface area (TPSA) is 58.6 Å². The summed E-state index contributed by atoms with van der Waals surface area (Å²) in [7, 11) is 0. The molecular formula is C19H20F3NO3.